The van der Waals surface area contributed by atoms with Gasteiger partial charge < -0.3 is 15.0 Å². The Morgan fingerprint density at radius 1 is 0.818 bits per heavy atom. The van der Waals surface area contributed by atoms with Gasteiger partial charge >= 0.3 is 0 Å². The second-order valence-electron chi connectivity index (χ2n) is 10.1. The Kier molecular flexibility index (Phi) is 11.4. The van der Waals surface area contributed by atoms with Crippen molar-refractivity contribution in [3.05, 3.63) is 120 Å². The lowest BCUT2D eigenvalue weighted by Gasteiger charge is -2.33. The van der Waals surface area contributed by atoms with Crippen molar-refractivity contribution in [1.29, 1.82) is 0 Å². The molecule has 0 radical (unpaired) electrons. The highest BCUT2D eigenvalue weighted by molar-refractivity contribution is 7.92. The fourth-order valence-corrected chi connectivity index (χ4v) is 6.19. The van der Waals surface area contributed by atoms with Crippen LogP contribution in [0.1, 0.15) is 32.3 Å². The molecule has 10 heteroatoms. The van der Waals surface area contributed by atoms with Crippen molar-refractivity contribution in [2.45, 2.75) is 44.2 Å². The summed E-state index contributed by atoms with van der Waals surface area (Å²) in [6.07, 6.45) is 1.08. The third-order valence-corrected chi connectivity index (χ3v) is 8.96. The van der Waals surface area contributed by atoms with E-state index in [9.17, 15) is 18.0 Å². The first-order chi connectivity index (χ1) is 21.2. The molecule has 4 aromatic rings. The lowest BCUT2D eigenvalue weighted by atomic mass is 10.1. The first-order valence-corrected chi connectivity index (χ1v) is 16.3. The van der Waals surface area contributed by atoms with E-state index < -0.39 is 28.5 Å². The summed E-state index contributed by atoms with van der Waals surface area (Å²) in [5.74, 6) is 0.319. The number of carbonyl (C=O) groups excluding carboxylic acids is 2. The van der Waals surface area contributed by atoms with E-state index in [0.717, 1.165) is 16.3 Å². The quantitative estimate of drug-likeness (QED) is 0.168. The van der Waals surface area contributed by atoms with E-state index in [0.29, 0.717) is 29.5 Å². The van der Waals surface area contributed by atoms with E-state index in [2.05, 4.69) is 5.32 Å². The highest BCUT2D eigenvalue weighted by atomic mass is 35.5. The summed E-state index contributed by atoms with van der Waals surface area (Å²) in [6.45, 7) is 3.80. The molecule has 0 aliphatic rings. The minimum Gasteiger partial charge on any atom is -0.457 e. The molecule has 0 bridgehead atoms. The summed E-state index contributed by atoms with van der Waals surface area (Å²) in [6, 6.07) is 29.8. The predicted molar refractivity (Wildman–Crippen MR) is 173 cm³/mol. The van der Waals surface area contributed by atoms with Crippen molar-refractivity contribution in [3.63, 3.8) is 0 Å². The summed E-state index contributed by atoms with van der Waals surface area (Å²) < 4.78 is 35.0. The summed E-state index contributed by atoms with van der Waals surface area (Å²) in [5.41, 5.74) is 1.03. The molecule has 230 valence electrons. The van der Waals surface area contributed by atoms with Crippen LogP contribution in [0, 0.1) is 0 Å². The second-order valence-corrected chi connectivity index (χ2v) is 12.4. The Labute approximate surface area is 264 Å². The van der Waals surface area contributed by atoms with Gasteiger partial charge in [-0.2, -0.15) is 0 Å². The number of halogens is 1. The van der Waals surface area contributed by atoms with E-state index in [4.69, 9.17) is 16.3 Å². The number of nitrogens with one attached hydrogen (secondary N) is 1. The number of carbonyl (C=O) groups is 2. The minimum atomic E-state index is -4.17. The van der Waals surface area contributed by atoms with Gasteiger partial charge in [-0.1, -0.05) is 74.0 Å². The topological polar surface area (TPSA) is 96.0 Å². The molecule has 1 N–H and O–H groups in total. The zero-order chi connectivity index (χ0) is 31.5. The maximum atomic E-state index is 14.2. The molecule has 44 heavy (non-hydrogen) atoms. The molecule has 1 unspecified atom stereocenters. The number of hydrogen-bond acceptors (Lipinski definition) is 5. The molecular weight excluding hydrogens is 598 g/mol. The SMILES string of the molecule is CCCNC(=O)C(CC)N(Cc1ccc(Cl)cc1)C(=O)CN(c1ccc(Oc2ccccc2)cc1)S(=O)(=O)c1ccccc1. The summed E-state index contributed by atoms with van der Waals surface area (Å²) >= 11 is 6.08. The molecule has 0 aromatic heterocycles. The Morgan fingerprint density at radius 2 is 1.41 bits per heavy atom. The van der Waals surface area contributed by atoms with E-state index >= 15 is 0 Å². The lowest BCUT2D eigenvalue weighted by Crippen LogP contribution is -2.52. The molecule has 0 saturated carbocycles. The Morgan fingerprint density at radius 3 is 2.00 bits per heavy atom. The molecule has 2 amide bonds. The molecule has 0 saturated heterocycles. The van der Waals surface area contributed by atoms with Gasteiger partial charge in [0, 0.05) is 18.1 Å². The lowest BCUT2D eigenvalue weighted by molar-refractivity contribution is -0.140. The highest BCUT2D eigenvalue weighted by Gasteiger charge is 2.33. The van der Waals surface area contributed by atoms with Crippen LogP contribution in [0.4, 0.5) is 5.69 Å². The van der Waals surface area contributed by atoms with Gasteiger partial charge in [-0.05, 0) is 79.1 Å². The number of rotatable bonds is 14. The molecule has 0 fully saturated rings. The van der Waals surface area contributed by atoms with Crippen LogP contribution in [0.25, 0.3) is 0 Å². The summed E-state index contributed by atoms with van der Waals surface area (Å²) in [4.78, 5) is 28.8. The molecule has 0 aliphatic heterocycles. The molecule has 0 spiro atoms. The fraction of sp³-hybridized carbons (Fsp3) is 0.235. The van der Waals surface area contributed by atoms with Gasteiger partial charge in [-0.25, -0.2) is 8.42 Å². The molecule has 0 heterocycles. The second kappa shape index (κ2) is 15.4. The average molecular weight is 634 g/mol. The standard InChI is InChI=1S/C34H36ClN3O5S/c1-3-23-36-34(40)32(4-2)37(24-26-15-17-27(35)18-16-26)33(39)25-38(44(41,42)31-13-9-6-10-14-31)28-19-21-30(22-20-28)43-29-11-7-5-8-12-29/h5-22,32H,3-4,23-25H2,1-2H3,(H,36,40). The van der Waals surface area contributed by atoms with Crippen molar-refractivity contribution in [3.8, 4) is 11.5 Å². The monoisotopic (exact) mass is 633 g/mol. The maximum absolute atomic E-state index is 14.2. The zero-order valence-corrected chi connectivity index (χ0v) is 26.3. The van der Waals surface area contributed by atoms with Crippen molar-refractivity contribution in [2.24, 2.45) is 0 Å². The molecule has 8 nitrogen and oxygen atoms in total. The number of benzene rings is 4. The molecular formula is C34H36ClN3O5S. The van der Waals surface area contributed by atoms with Crippen LogP contribution in [0.2, 0.25) is 5.02 Å². The molecule has 1 atom stereocenters. The third kappa shape index (κ3) is 8.39. The fourth-order valence-electron chi connectivity index (χ4n) is 4.63. The summed E-state index contributed by atoms with van der Waals surface area (Å²) in [7, 11) is -4.17. The Hall–Kier alpha value is -4.34. The first kappa shape index (κ1) is 32.6. The van der Waals surface area contributed by atoms with Crippen LogP contribution in [-0.2, 0) is 26.2 Å². The number of anilines is 1. The van der Waals surface area contributed by atoms with Crippen LogP contribution in [-0.4, -0.2) is 44.3 Å². The normalized spacial score (nSPS) is 11.8. The van der Waals surface area contributed by atoms with E-state index in [-0.39, 0.29) is 23.0 Å². The van der Waals surface area contributed by atoms with Crippen LogP contribution in [0.3, 0.4) is 0 Å². The van der Waals surface area contributed by atoms with Gasteiger partial charge in [0.05, 0.1) is 10.6 Å². The van der Waals surface area contributed by atoms with Crippen molar-refractivity contribution in [1.82, 2.24) is 10.2 Å². The van der Waals surface area contributed by atoms with Crippen molar-refractivity contribution >= 4 is 39.1 Å². The first-order valence-electron chi connectivity index (χ1n) is 14.4. The van der Waals surface area contributed by atoms with Crippen molar-refractivity contribution in [2.75, 3.05) is 17.4 Å². The van der Waals surface area contributed by atoms with Gasteiger partial charge in [0.15, 0.2) is 0 Å². The number of nitrogens with zero attached hydrogens (tertiary/aromatic N) is 2. The van der Waals surface area contributed by atoms with Crippen LogP contribution >= 0.6 is 11.6 Å². The Balaban J connectivity index is 1.70. The zero-order valence-electron chi connectivity index (χ0n) is 24.7. The van der Waals surface area contributed by atoms with Gasteiger partial charge in [0.25, 0.3) is 10.0 Å². The van der Waals surface area contributed by atoms with Gasteiger partial charge in [-0.3, -0.25) is 13.9 Å². The van der Waals surface area contributed by atoms with Crippen LogP contribution in [0.5, 0.6) is 11.5 Å². The molecule has 4 aromatic carbocycles. The Bertz CT molecular complexity index is 1620. The third-order valence-electron chi connectivity index (χ3n) is 6.92. The number of para-hydroxylation sites is 1. The number of amides is 2. The van der Waals surface area contributed by atoms with E-state index in [1.165, 1.54) is 17.0 Å². The largest absolute Gasteiger partial charge is 0.457 e. The highest BCUT2D eigenvalue weighted by Crippen LogP contribution is 2.28. The predicted octanol–water partition coefficient (Wildman–Crippen LogP) is 6.66. The molecule has 0 aliphatic carbocycles. The van der Waals surface area contributed by atoms with E-state index in [1.807, 2.05) is 44.2 Å². The summed E-state index contributed by atoms with van der Waals surface area (Å²) in [5, 5.41) is 3.42. The number of sulfonamides is 1. The van der Waals surface area contributed by atoms with Gasteiger partial charge in [-0.15, -0.1) is 0 Å². The number of hydrogen-bond donors (Lipinski definition) is 1. The van der Waals surface area contributed by atoms with Crippen LogP contribution < -0.4 is 14.4 Å². The van der Waals surface area contributed by atoms with Gasteiger partial charge in [0.2, 0.25) is 11.8 Å². The van der Waals surface area contributed by atoms with Crippen LogP contribution in [0.15, 0.2) is 114 Å². The molecule has 4 rings (SSSR count). The van der Waals surface area contributed by atoms with E-state index in [1.54, 1.807) is 66.7 Å². The number of ether oxygens (including phenoxy) is 1. The smallest absolute Gasteiger partial charge is 0.264 e. The van der Waals surface area contributed by atoms with Gasteiger partial charge in [0.1, 0.15) is 24.1 Å². The average Bonchev–Trinajstić information content (AvgIpc) is 3.04. The van der Waals surface area contributed by atoms with Crippen molar-refractivity contribution < 1.29 is 22.7 Å². The maximum Gasteiger partial charge on any atom is 0.264 e. The minimum absolute atomic E-state index is 0.0365.